The number of benzene rings is 1. The molecule has 5 nitrogen and oxygen atoms in total. The molecule has 1 amide bonds. The van der Waals surface area contributed by atoms with E-state index >= 15 is 0 Å². The smallest absolute Gasteiger partial charge is 0.311 e. The molecule has 2 heterocycles. The summed E-state index contributed by atoms with van der Waals surface area (Å²) in [6.45, 7) is 3.75. The van der Waals surface area contributed by atoms with Gasteiger partial charge in [0, 0.05) is 24.7 Å². The molecule has 0 fully saturated rings. The number of thiophene rings is 1. The molecule has 0 bridgehead atoms. The fraction of sp³-hybridized carbons (Fsp3) is 0.316. The number of carbonyl (C=O) groups is 3. The Kier molecular flexibility index (Phi) is 4.99. The fourth-order valence-electron chi connectivity index (χ4n) is 2.97. The Bertz CT molecular complexity index is 813. The SMILES string of the molecule is CC(=O)N1CCc2cc(C(=O)C(C)OC(=O)Cc3ccsc3)ccc21. The van der Waals surface area contributed by atoms with E-state index in [-0.39, 0.29) is 18.1 Å². The first-order valence-corrected chi connectivity index (χ1v) is 9.06. The van der Waals surface area contributed by atoms with Crippen molar-refractivity contribution in [2.45, 2.75) is 32.8 Å². The van der Waals surface area contributed by atoms with Gasteiger partial charge in [0.25, 0.3) is 0 Å². The number of ketones is 1. The van der Waals surface area contributed by atoms with Gasteiger partial charge in [-0.25, -0.2) is 0 Å². The summed E-state index contributed by atoms with van der Waals surface area (Å²) in [6, 6.07) is 7.13. The summed E-state index contributed by atoms with van der Waals surface area (Å²) in [4.78, 5) is 37.8. The zero-order valence-electron chi connectivity index (χ0n) is 14.2. The normalized spacial score (nSPS) is 14.1. The second-order valence-electron chi connectivity index (χ2n) is 6.07. The highest BCUT2D eigenvalue weighted by Gasteiger charge is 2.25. The van der Waals surface area contributed by atoms with Gasteiger partial charge < -0.3 is 9.64 Å². The minimum absolute atomic E-state index is 0.00597. The van der Waals surface area contributed by atoms with Crippen molar-refractivity contribution in [2.75, 3.05) is 11.4 Å². The van der Waals surface area contributed by atoms with Gasteiger partial charge in [-0.1, -0.05) is 0 Å². The summed E-state index contributed by atoms with van der Waals surface area (Å²) in [7, 11) is 0. The highest BCUT2D eigenvalue weighted by Crippen LogP contribution is 2.29. The van der Waals surface area contributed by atoms with Crippen LogP contribution in [-0.2, 0) is 27.2 Å². The number of amides is 1. The third-order valence-corrected chi connectivity index (χ3v) is 4.98. The Labute approximate surface area is 150 Å². The van der Waals surface area contributed by atoms with Crippen molar-refractivity contribution in [1.82, 2.24) is 0 Å². The summed E-state index contributed by atoms with van der Waals surface area (Å²) >= 11 is 1.51. The minimum atomic E-state index is -0.838. The van der Waals surface area contributed by atoms with Crippen LogP contribution in [0.1, 0.15) is 35.3 Å². The van der Waals surface area contributed by atoms with Crippen molar-refractivity contribution in [2.24, 2.45) is 0 Å². The summed E-state index contributed by atoms with van der Waals surface area (Å²) in [5, 5.41) is 3.78. The molecular weight excluding hydrogens is 338 g/mol. The van der Waals surface area contributed by atoms with Crippen LogP contribution in [0.4, 0.5) is 5.69 Å². The Hall–Kier alpha value is -2.47. The summed E-state index contributed by atoms with van der Waals surface area (Å²) < 4.78 is 5.27. The number of ether oxygens (including phenoxy) is 1. The number of Topliss-reactive ketones (excluding diaryl/α,β-unsaturated/α-hetero) is 1. The topological polar surface area (TPSA) is 63.7 Å². The van der Waals surface area contributed by atoms with Crippen molar-refractivity contribution < 1.29 is 19.1 Å². The van der Waals surface area contributed by atoms with Crippen LogP contribution in [0, 0.1) is 0 Å². The van der Waals surface area contributed by atoms with Gasteiger partial charge in [-0.3, -0.25) is 14.4 Å². The molecule has 0 saturated heterocycles. The van der Waals surface area contributed by atoms with Crippen molar-refractivity contribution in [3.05, 3.63) is 51.7 Å². The van der Waals surface area contributed by atoms with Gasteiger partial charge in [-0.15, -0.1) is 0 Å². The lowest BCUT2D eigenvalue weighted by molar-refractivity contribution is -0.145. The Balaban J connectivity index is 1.66. The van der Waals surface area contributed by atoms with Crippen LogP contribution < -0.4 is 4.90 Å². The maximum atomic E-state index is 12.5. The molecule has 1 atom stereocenters. The molecule has 3 rings (SSSR count). The van der Waals surface area contributed by atoms with Crippen LogP contribution in [0.25, 0.3) is 0 Å². The van der Waals surface area contributed by atoms with Crippen LogP contribution in [-0.4, -0.2) is 30.3 Å². The van der Waals surface area contributed by atoms with Gasteiger partial charge in [0.15, 0.2) is 6.10 Å². The van der Waals surface area contributed by atoms with Crippen LogP contribution in [0.15, 0.2) is 35.0 Å². The number of nitrogens with zero attached hydrogens (tertiary/aromatic N) is 1. The number of hydrogen-bond donors (Lipinski definition) is 0. The molecule has 25 heavy (non-hydrogen) atoms. The lowest BCUT2D eigenvalue weighted by Gasteiger charge is -2.16. The van der Waals surface area contributed by atoms with Crippen molar-refractivity contribution in [3.63, 3.8) is 0 Å². The van der Waals surface area contributed by atoms with Gasteiger partial charge in [0.2, 0.25) is 11.7 Å². The summed E-state index contributed by atoms with van der Waals surface area (Å²) in [6.07, 6.45) is 0.0517. The average Bonchev–Trinajstić information content (AvgIpc) is 3.22. The second-order valence-corrected chi connectivity index (χ2v) is 6.85. The molecule has 1 aromatic heterocycles. The van der Waals surface area contributed by atoms with E-state index in [1.807, 2.05) is 16.8 Å². The van der Waals surface area contributed by atoms with Crippen molar-refractivity contribution in [3.8, 4) is 0 Å². The molecule has 1 unspecified atom stereocenters. The van der Waals surface area contributed by atoms with E-state index in [0.717, 1.165) is 23.2 Å². The van der Waals surface area contributed by atoms with E-state index in [0.29, 0.717) is 12.1 Å². The van der Waals surface area contributed by atoms with Gasteiger partial charge in [-0.2, -0.15) is 11.3 Å². The maximum Gasteiger partial charge on any atom is 0.311 e. The fourth-order valence-corrected chi connectivity index (χ4v) is 3.64. The standard InChI is InChI=1S/C19H19NO4S/c1-12(24-18(22)9-14-6-8-25-11-14)19(23)16-3-4-17-15(10-16)5-7-20(17)13(2)21/h3-4,6,8,10-12H,5,7,9H2,1-2H3. The second kappa shape index (κ2) is 7.19. The number of anilines is 1. The van der Waals surface area contributed by atoms with Gasteiger partial charge in [-0.05, 0) is 59.5 Å². The van der Waals surface area contributed by atoms with E-state index < -0.39 is 12.1 Å². The third-order valence-electron chi connectivity index (χ3n) is 4.25. The Morgan fingerprint density at radius 1 is 1.28 bits per heavy atom. The molecule has 0 aliphatic carbocycles. The lowest BCUT2D eigenvalue weighted by atomic mass is 10.0. The third kappa shape index (κ3) is 3.79. The molecule has 1 aliphatic heterocycles. The van der Waals surface area contributed by atoms with Gasteiger partial charge in [0.05, 0.1) is 6.42 Å². The first-order valence-electron chi connectivity index (χ1n) is 8.11. The molecule has 6 heteroatoms. The van der Waals surface area contributed by atoms with E-state index in [9.17, 15) is 14.4 Å². The molecule has 0 spiro atoms. The lowest BCUT2D eigenvalue weighted by Crippen LogP contribution is -2.26. The van der Waals surface area contributed by atoms with Gasteiger partial charge >= 0.3 is 5.97 Å². The van der Waals surface area contributed by atoms with Crippen LogP contribution in [0.2, 0.25) is 0 Å². The number of fused-ring (bicyclic) bond motifs is 1. The van der Waals surface area contributed by atoms with Crippen molar-refractivity contribution in [1.29, 1.82) is 0 Å². The largest absolute Gasteiger partial charge is 0.454 e. The van der Waals surface area contributed by atoms with Crippen LogP contribution >= 0.6 is 11.3 Å². The molecule has 1 aliphatic rings. The maximum absolute atomic E-state index is 12.5. The predicted molar refractivity (Wildman–Crippen MR) is 96.1 cm³/mol. The van der Waals surface area contributed by atoms with E-state index in [1.54, 1.807) is 30.0 Å². The molecule has 0 N–H and O–H groups in total. The van der Waals surface area contributed by atoms with Crippen molar-refractivity contribution >= 4 is 34.7 Å². The van der Waals surface area contributed by atoms with Gasteiger partial charge in [0.1, 0.15) is 0 Å². The zero-order chi connectivity index (χ0) is 18.0. The monoisotopic (exact) mass is 357 g/mol. The van der Waals surface area contributed by atoms with E-state index in [2.05, 4.69) is 0 Å². The highest BCUT2D eigenvalue weighted by molar-refractivity contribution is 7.08. The Morgan fingerprint density at radius 3 is 2.76 bits per heavy atom. The Morgan fingerprint density at radius 2 is 2.08 bits per heavy atom. The molecule has 130 valence electrons. The zero-order valence-corrected chi connectivity index (χ0v) is 15.0. The highest BCUT2D eigenvalue weighted by atomic mass is 32.1. The summed E-state index contributed by atoms with van der Waals surface area (Å²) in [5.74, 6) is -0.653. The summed E-state index contributed by atoms with van der Waals surface area (Å²) in [5.41, 5.74) is 3.21. The molecular formula is C19H19NO4S. The average molecular weight is 357 g/mol. The number of carbonyl (C=O) groups excluding carboxylic acids is 3. The molecule has 2 aromatic rings. The molecule has 0 radical (unpaired) electrons. The first kappa shape index (κ1) is 17.4. The van der Waals surface area contributed by atoms with Crippen LogP contribution in [0.5, 0.6) is 0 Å². The minimum Gasteiger partial charge on any atom is -0.454 e. The predicted octanol–water partition coefficient (Wildman–Crippen LogP) is 3.01. The number of rotatable bonds is 5. The number of hydrogen-bond acceptors (Lipinski definition) is 5. The first-order chi connectivity index (χ1) is 12.0. The molecule has 1 aromatic carbocycles. The quantitative estimate of drug-likeness (QED) is 0.609. The molecule has 0 saturated carbocycles. The van der Waals surface area contributed by atoms with E-state index in [1.165, 1.54) is 18.3 Å². The van der Waals surface area contributed by atoms with E-state index in [4.69, 9.17) is 4.74 Å². The van der Waals surface area contributed by atoms with Crippen LogP contribution in [0.3, 0.4) is 0 Å². The number of esters is 1.